The van der Waals surface area contributed by atoms with Gasteiger partial charge >= 0.3 is 12.1 Å². The Balaban J connectivity index is 1.47. The number of nitriles is 1. The van der Waals surface area contributed by atoms with Crippen molar-refractivity contribution in [3.63, 3.8) is 0 Å². The fraction of sp³-hybridized carbons (Fsp3) is 0.333. The van der Waals surface area contributed by atoms with Crippen LogP contribution in [0.1, 0.15) is 24.8 Å². The lowest BCUT2D eigenvalue weighted by molar-refractivity contribution is -0.174. The molecule has 1 saturated carbocycles. The third kappa shape index (κ3) is 6.91. The van der Waals surface area contributed by atoms with E-state index in [2.05, 4.69) is 21.7 Å². The second kappa shape index (κ2) is 12.1. The fourth-order valence-electron chi connectivity index (χ4n) is 5.04. The fourth-order valence-corrected chi connectivity index (χ4v) is 5.04. The number of aromatic hydroxyl groups is 1. The van der Waals surface area contributed by atoms with Gasteiger partial charge in [0, 0.05) is 36.8 Å². The summed E-state index contributed by atoms with van der Waals surface area (Å²) in [5.41, 5.74) is 9.19. The average Bonchev–Trinajstić information content (AvgIpc) is 3.70. The predicted octanol–water partition coefficient (Wildman–Crippen LogP) is 3.77. The summed E-state index contributed by atoms with van der Waals surface area (Å²) in [6.45, 7) is 1.04. The highest BCUT2D eigenvalue weighted by molar-refractivity contribution is 5.88. The Labute approximate surface area is 245 Å². The number of hydrogen-bond acceptors (Lipinski definition) is 8. The van der Waals surface area contributed by atoms with E-state index in [1.54, 1.807) is 42.5 Å². The maximum Gasteiger partial charge on any atom is 0.471 e. The van der Waals surface area contributed by atoms with Crippen molar-refractivity contribution in [2.45, 2.75) is 31.5 Å². The number of nitrogens with one attached hydrogen (secondary N) is 3. The first-order valence-electron chi connectivity index (χ1n) is 13.8. The number of amides is 2. The molecule has 1 atom stereocenters. The van der Waals surface area contributed by atoms with Crippen LogP contribution in [0.4, 0.5) is 30.4 Å². The van der Waals surface area contributed by atoms with E-state index in [9.17, 15) is 33.1 Å². The Morgan fingerprint density at radius 1 is 1.12 bits per heavy atom. The number of alkyl halides is 3. The number of phenols is 1. The molecule has 1 aliphatic carbocycles. The molecule has 2 fully saturated rings. The highest BCUT2D eigenvalue weighted by Gasteiger charge is 2.40. The van der Waals surface area contributed by atoms with E-state index in [1.165, 1.54) is 6.07 Å². The average molecular weight is 594 g/mol. The molecule has 2 aromatic carbocycles. The minimum atomic E-state index is -4.98. The van der Waals surface area contributed by atoms with Crippen molar-refractivity contribution in [2.24, 2.45) is 5.92 Å². The molecular weight excluding hydrogens is 563 g/mol. The lowest BCUT2D eigenvalue weighted by atomic mass is 9.97. The molecule has 2 aliphatic rings. The Morgan fingerprint density at radius 3 is 2.58 bits per heavy atom. The molecular formula is C30H30F3N7O3. The summed E-state index contributed by atoms with van der Waals surface area (Å²) in [7, 11) is 0. The number of nitrogen functional groups attached to an aromatic ring is 1. The van der Waals surface area contributed by atoms with Crippen LogP contribution in [0, 0.1) is 17.2 Å². The molecule has 6 N–H and O–H groups in total. The number of rotatable bonds is 9. The second-order valence-electron chi connectivity index (χ2n) is 10.7. The minimum absolute atomic E-state index is 0.0128. The molecule has 43 heavy (non-hydrogen) atoms. The highest BCUT2D eigenvalue weighted by atomic mass is 19.4. The van der Waals surface area contributed by atoms with Gasteiger partial charge in [0.15, 0.2) is 0 Å². The van der Waals surface area contributed by atoms with Crippen molar-refractivity contribution in [3.8, 4) is 34.2 Å². The molecule has 13 heteroatoms. The molecule has 3 aromatic rings. The van der Waals surface area contributed by atoms with Crippen LogP contribution in [-0.2, 0) is 9.59 Å². The zero-order valence-electron chi connectivity index (χ0n) is 23.0. The molecule has 224 valence electrons. The first-order chi connectivity index (χ1) is 20.5. The standard InChI is InChI=1S/C30H30F3N7O3/c31-30(32,33)29(43)38-19-9-10-40(16-19)25-8-7-18(11-24(25)36-15-27(42)37-14-17-5-6-17)21-12-23(39-28(35)22(21)13-34)20-3-1-2-4-26(20)41/h1-4,7-8,11-12,17,19,36,41H,5-6,9-10,14-16H2,(H2,35,39)(H,37,42)(H,38,43). The van der Waals surface area contributed by atoms with Crippen LogP contribution in [0.2, 0.25) is 0 Å². The molecule has 0 radical (unpaired) electrons. The number of carbonyl (C=O) groups excluding carboxylic acids is 2. The van der Waals surface area contributed by atoms with E-state index < -0.39 is 18.1 Å². The topological polar surface area (TPSA) is 156 Å². The van der Waals surface area contributed by atoms with Crippen molar-refractivity contribution in [2.75, 3.05) is 42.1 Å². The van der Waals surface area contributed by atoms with Crippen LogP contribution in [0.5, 0.6) is 5.75 Å². The number of hydrogen-bond donors (Lipinski definition) is 5. The summed E-state index contributed by atoms with van der Waals surface area (Å²) in [5, 5.41) is 28.4. The van der Waals surface area contributed by atoms with Crippen molar-refractivity contribution < 1.29 is 27.9 Å². The van der Waals surface area contributed by atoms with Gasteiger partial charge in [0.2, 0.25) is 5.91 Å². The van der Waals surface area contributed by atoms with Crippen LogP contribution >= 0.6 is 0 Å². The van der Waals surface area contributed by atoms with Crippen molar-refractivity contribution in [3.05, 3.63) is 54.1 Å². The van der Waals surface area contributed by atoms with Gasteiger partial charge in [-0.25, -0.2) is 4.98 Å². The summed E-state index contributed by atoms with van der Waals surface area (Å²) < 4.78 is 38.4. The van der Waals surface area contributed by atoms with E-state index >= 15 is 0 Å². The molecule has 10 nitrogen and oxygen atoms in total. The van der Waals surface area contributed by atoms with Crippen molar-refractivity contribution >= 4 is 29.0 Å². The minimum Gasteiger partial charge on any atom is -0.507 e. The van der Waals surface area contributed by atoms with Gasteiger partial charge in [0.25, 0.3) is 0 Å². The van der Waals surface area contributed by atoms with E-state index in [0.29, 0.717) is 59.2 Å². The van der Waals surface area contributed by atoms with E-state index in [0.717, 1.165) is 12.8 Å². The lowest BCUT2D eigenvalue weighted by Crippen LogP contribution is -2.44. The maximum atomic E-state index is 12.8. The monoisotopic (exact) mass is 593 g/mol. The Hall–Kier alpha value is -4.99. The van der Waals surface area contributed by atoms with E-state index in [-0.39, 0.29) is 36.1 Å². The van der Waals surface area contributed by atoms with Crippen molar-refractivity contribution in [1.82, 2.24) is 15.6 Å². The van der Waals surface area contributed by atoms with Crippen LogP contribution in [-0.4, -0.2) is 60.3 Å². The first-order valence-corrected chi connectivity index (χ1v) is 13.8. The zero-order chi connectivity index (χ0) is 30.7. The summed E-state index contributed by atoms with van der Waals surface area (Å²) in [5.74, 6) is -1.75. The number of anilines is 3. The number of phenolic OH excluding ortho intramolecular Hbond substituents is 1. The van der Waals surface area contributed by atoms with Gasteiger partial charge in [-0.2, -0.15) is 18.4 Å². The molecule has 0 spiro atoms. The molecule has 5 rings (SSSR count). The predicted molar refractivity (Wildman–Crippen MR) is 155 cm³/mol. The number of para-hydroxylation sites is 1. The van der Waals surface area contributed by atoms with Gasteiger partial charge in [-0.3, -0.25) is 9.59 Å². The van der Waals surface area contributed by atoms with E-state index in [1.807, 2.05) is 10.2 Å². The number of aromatic nitrogens is 1. The third-order valence-electron chi connectivity index (χ3n) is 7.49. The molecule has 0 bridgehead atoms. The number of pyridine rings is 1. The Bertz CT molecular complexity index is 1580. The Kier molecular flexibility index (Phi) is 8.29. The molecule has 2 amide bonds. The number of benzene rings is 2. The van der Waals surface area contributed by atoms with Gasteiger partial charge in [-0.05, 0) is 61.1 Å². The third-order valence-corrected chi connectivity index (χ3v) is 7.49. The first kappa shape index (κ1) is 29.5. The maximum absolute atomic E-state index is 12.8. The van der Waals surface area contributed by atoms with E-state index in [4.69, 9.17) is 5.73 Å². The van der Waals surface area contributed by atoms with Crippen molar-refractivity contribution in [1.29, 1.82) is 5.26 Å². The molecule has 1 saturated heterocycles. The largest absolute Gasteiger partial charge is 0.507 e. The number of carbonyl (C=O) groups is 2. The number of nitrogens with two attached hydrogens (primary N) is 1. The zero-order valence-corrected chi connectivity index (χ0v) is 23.0. The molecule has 1 aromatic heterocycles. The lowest BCUT2D eigenvalue weighted by Gasteiger charge is -2.24. The van der Waals surface area contributed by atoms with Gasteiger partial charge in [-0.15, -0.1) is 0 Å². The van der Waals surface area contributed by atoms with Crippen LogP contribution in [0.15, 0.2) is 48.5 Å². The summed E-state index contributed by atoms with van der Waals surface area (Å²) in [4.78, 5) is 30.2. The summed E-state index contributed by atoms with van der Waals surface area (Å²) in [6, 6.07) is 14.8. The van der Waals surface area contributed by atoms with Crippen LogP contribution < -0.4 is 26.6 Å². The molecule has 2 heterocycles. The second-order valence-corrected chi connectivity index (χ2v) is 10.7. The van der Waals surface area contributed by atoms with Gasteiger partial charge < -0.3 is 31.7 Å². The highest BCUT2D eigenvalue weighted by Crippen LogP contribution is 2.38. The number of halogens is 3. The smallest absolute Gasteiger partial charge is 0.471 e. The Morgan fingerprint density at radius 2 is 1.88 bits per heavy atom. The van der Waals surface area contributed by atoms with Crippen LogP contribution in [0.3, 0.4) is 0 Å². The van der Waals surface area contributed by atoms with Gasteiger partial charge in [-0.1, -0.05) is 18.2 Å². The SMILES string of the molecule is N#Cc1c(-c2ccc(N3CCC(NC(=O)C(F)(F)F)C3)c(NCC(=O)NCC3CC3)c2)cc(-c2ccccc2O)nc1N. The normalized spacial score (nSPS) is 16.4. The molecule has 1 unspecified atom stereocenters. The number of nitrogens with zero attached hydrogens (tertiary/aromatic N) is 3. The van der Waals surface area contributed by atoms with Gasteiger partial charge in [0.05, 0.1) is 23.6 Å². The quantitative estimate of drug-likeness (QED) is 0.251. The van der Waals surface area contributed by atoms with Gasteiger partial charge in [0.1, 0.15) is 23.2 Å². The summed E-state index contributed by atoms with van der Waals surface area (Å²) >= 11 is 0. The summed E-state index contributed by atoms with van der Waals surface area (Å²) in [6.07, 6.45) is -2.51. The van der Waals surface area contributed by atoms with Crippen LogP contribution in [0.25, 0.3) is 22.4 Å². The molecule has 1 aliphatic heterocycles.